The average molecular weight is 342 g/mol. The summed E-state index contributed by atoms with van der Waals surface area (Å²) >= 11 is 15.4. The summed E-state index contributed by atoms with van der Waals surface area (Å²) in [6.07, 6.45) is 2.33. The lowest BCUT2D eigenvalue weighted by Crippen LogP contribution is -1.83. The van der Waals surface area contributed by atoms with Crippen molar-refractivity contribution >= 4 is 46.3 Å². The highest BCUT2D eigenvalue weighted by Crippen LogP contribution is 2.39. The molecule has 0 aliphatic rings. The first-order chi connectivity index (χ1) is 9.67. The number of halogens is 2. The zero-order chi connectivity index (χ0) is 14.5. The van der Waals surface area contributed by atoms with Gasteiger partial charge in [-0.05, 0) is 29.9 Å². The van der Waals surface area contributed by atoms with Crippen LogP contribution in [0.2, 0.25) is 10.0 Å². The number of nitrogens with zero attached hydrogens (tertiary/aromatic N) is 1. The van der Waals surface area contributed by atoms with Crippen LogP contribution >= 0.6 is 46.3 Å². The Morgan fingerprint density at radius 2 is 2.10 bits per heavy atom. The quantitative estimate of drug-likeness (QED) is 0.458. The summed E-state index contributed by atoms with van der Waals surface area (Å²) < 4.78 is 1.09. The van der Waals surface area contributed by atoms with Crippen LogP contribution in [0.5, 0.6) is 0 Å². The minimum absolute atomic E-state index is 0.513. The lowest BCUT2D eigenvalue weighted by Gasteiger charge is -2.03. The van der Waals surface area contributed by atoms with E-state index in [4.69, 9.17) is 23.2 Å². The highest BCUT2D eigenvalue weighted by Gasteiger charge is 2.14. The van der Waals surface area contributed by atoms with Gasteiger partial charge in [-0.3, -0.25) is 0 Å². The zero-order valence-corrected chi connectivity index (χ0v) is 14.1. The van der Waals surface area contributed by atoms with Crippen molar-refractivity contribution < 1.29 is 0 Å². The highest BCUT2D eigenvalue weighted by molar-refractivity contribution is 8.01. The van der Waals surface area contributed by atoms with E-state index in [1.807, 2.05) is 17.5 Å². The van der Waals surface area contributed by atoms with Crippen molar-refractivity contribution in [1.82, 2.24) is 0 Å². The topological polar surface area (TPSA) is 23.8 Å². The number of nitriles is 1. The summed E-state index contributed by atoms with van der Waals surface area (Å²) in [4.78, 5) is 0. The maximum atomic E-state index is 9.41. The van der Waals surface area contributed by atoms with E-state index in [0.717, 1.165) is 33.1 Å². The van der Waals surface area contributed by atoms with Crippen LogP contribution in [0.4, 0.5) is 0 Å². The predicted octanol–water partition coefficient (Wildman–Crippen LogP) is 6.49. The fourth-order valence-electron chi connectivity index (χ4n) is 1.74. The minimum atomic E-state index is 0.513. The van der Waals surface area contributed by atoms with Crippen molar-refractivity contribution in [3.63, 3.8) is 0 Å². The second-order valence-corrected chi connectivity index (χ2v) is 7.31. The first-order valence-electron chi connectivity index (χ1n) is 6.27. The Bertz CT molecular complexity index is 644. The van der Waals surface area contributed by atoms with Gasteiger partial charge in [0.05, 0.1) is 19.8 Å². The fourth-order valence-corrected chi connectivity index (χ4v) is 4.37. The molecular weight excluding hydrogens is 329 g/mol. The number of thioether (sulfide) groups is 1. The second-order valence-electron chi connectivity index (χ2n) is 4.25. The molecule has 2 aromatic rings. The maximum absolute atomic E-state index is 9.41. The Balaban J connectivity index is 2.32. The van der Waals surface area contributed by atoms with Gasteiger partial charge in [0.2, 0.25) is 0 Å². The Morgan fingerprint density at radius 1 is 1.30 bits per heavy atom. The third-order valence-electron chi connectivity index (χ3n) is 2.83. The first kappa shape index (κ1) is 15.7. The molecule has 0 saturated heterocycles. The molecule has 0 saturated carbocycles. The molecule has 0 spiro atoms. The third-order valence-corrected chi connectivity index (χ3v) is 5.94. The summed E-state index contributed by atoms with van der Waals surface area (Å²) in [6.45, 7) is 2.17. The molecular formula is C15H13Cl2NS2. The number of benzene rings is 1. The van der Waals surface area contributed by atoms with E-state index in [0.29, 0.717) is 10.0 Å². The summed E-state index contributed by atoms with van der Waals surface area (Å²) in [7, 11) is 0. The smallest absolute Gasteiger partial charge is 0.102 e. The molecule has 1 aromatic carbocycles. The SMILES string of the molecule is CCCCSc1scc(-c2ccc(Cl)c(Cl)c2)c1C#N. The molecule has 1 heterocycles. The van der Waals surface area contributed by atoms with Crippen molar-refractivity contribution in [2.75, 3.05) is 5.75 Å². The van der Waals surface area contributed by atoms with E-state index >= 15 is 0 Å². The van der Waals surface area contributed by atoms with Crippen LogP contribution in [0.1, 0.15) is 25.3 Å². The third kappa shape index (κ3) is 3.51. The van der Waals surface area contributed by atoms with E-state index in [1.165, 1.54) is 6.42 Å². The molecule has 0 bridgehead atoms. The number of hydrogen-bond acceptors (Lipinski definition) is 3. The largest absolute Gasteiger partial charge is 0.192 e. The van der Waals surface area contributed by atoms with Crippen LogP contribution in [-0.2, 0) is 0 Å². The van der Waals surface area contributed by atoms with Crippen molar-refractivity contribution in [2.45, 2.75) is 24.0 Å². The van der Waals surface area contributed by atoms with Crippen LogP contribution in [0.25, 0.3) is 11.1 Å². The molecule has 0 unspecified atom stereocenters. The molecule has 0 aliphatic carbocycles. The summed E-state index contributed by atoms with van der Waals surface area (Å²) in [6, 6.07) is 7.80. The van der Waals surface area contributed by atoms with Crippen molar-refractivity contribution in [2.24, 2.45) is 0 Å². The van der Waals surface area contributed by atoms with E-state index in [-0.39, 0.29) is 0 Å². The normalized spacial score (nSPS) is 10.5. The van der Waals surface area contributed by atoms with E-state index < -0.39 is 0 Å². The maximum Gasteiger partial charge on any atom is 0.102 e. The second kappa shape index (κ2) is 7.38. The number of rotatable bonds is 5. The van der Waals surface area contributed by atoms with Gasteiger partial charge in [-0.25, -0.2) is 0 Å². The van der Waals surface area contributed by atoms with E-state index in [2.05, 4.69) is 13.0 Å². The van der Waals surface area contributed by atoms with Crippen LogP contribution in [0, 0.1) is 11.3 Å². The predicted molar refractivity (Wildman–Crippen MR) is 90.1 cm³/mol. The van der Waals surface area contributed by atoms with Crippen molar-refractivity contribution in [1.29, 1.82) is 5.26 Å². The van der Waals surface area contributed by atoms with Gasteiger partial charge in [-0.1, -0.05) is 42.6 Å². The van der Waals surface area contributed by atoms with Crippen LogP contribution in [0.15, 0.2) is 27.8 Å². The first-order valence-corrected chi connectivity index (χ1v) is 8.89. The molecule has 0 fully saturated rings. The Morgan fingerprint density at radius 3 is 2.75 bits per heavy atom. The van der Waals surface area contributed by atoms with Gasteiger partial charge in [0.1, 0.15) is 6.07 Å². The number of unbranched alkanes of at least 4 members (excludes halogenated alkanes) is 1. The summed E-state index contributed by atoms with van der Waals surface area (Å²) in [5.74, 6) is 1.05. The molecule has 0 atom stereocenters. The van der Waals surface area contributed by atoms with Gasteiger partial charge in [0.15, 0.2) is 0 Å². The van der Waals surface area contributed by atoms with Gasteiger partial charge in [-0.2, -0.15) is 5.26 Å². The van der Waals surface area contributed by atoms with Crippen LogP contribution in [-0.4, -0.2) is 5.75 Å². The van der Waals surface area contributed by atoms with Crippen molar-refractivity contribution in [3.05, 3.63) is 39.2 Å². The molecule has 1 aromatic heterocycles. The standard InChI is InChI=1S/C15H13Cl2NS2/c1-2-3-6-19-15-11(8-18)12(9-20-15)10-4-5-13(16)14(17)7-10/h4-5,7,9H,2-3,6H2,1H3. The van der Waals surface area contributed by atoms with Crippen LogP contribution in [0.3, 0.4) is 0 Å². The fraction of sp³-hybridized carbons (Fsp3) is 0.267. The van der Waals surface area contributed by atoms with Gasteiger partial charge in [-0.15, -0.1) is 23.1 Å². The van der Waals surface area contributed by atoms with Crippen molar-refractivity contribution in [3.8, 4) is 17.2 Å². The minimum Gasteiger partial charge on any atom is -0.192 e. The Kier molecular flexibility index (Phi) is 5.80. The zero-order valence-electron chi connectivity index (χ0n) is 11.0. The molecule has 0 amide bonds. The average Bonchev–Trinajstić information content (AvgIpc) is 2.85. The lowest BCUT2D eigenvalue weighted by atomic mass is 10.1. The molecule has 0 N–H and O–H groups in total. The molecule has 20 heavy (non-hydrogen) atoms. The molecule has 0 aliphatic heterocycles. The van der Waals surface area contributed by atoms with E-state index in [1.54, 1.807) is 29.2 Å². The van der Waals surface area contributed by atoms with Crippen LogP contribution < -0.4 is 0 Å². The molecule has 104 valence electrons. The number of thiophene rings is 1. The van der Waals surface area contributed by atoms with Gasteiger partial charge >= 0.3 is 0 Å². The highest BCUT2D eigenvalue weighted by atomic mass is 35.5. The van der Waals surface area contributed by atoms with Gasteiger partial charge < -0.3 is 0 Å². The summed E-state index contributed by atoms with van der Waals surface area (Å²) in [5, 5.41) is 12.5. The van der Waals surface area contributed by atoms with Gasteiger partial charge in [0, 0.05) is 10.9 Å². The lowest BCUT2D eigenvalue weighted by molar-refractivity contribution is 0.896. The molecule has 0 radical (unpaired) electrons. The Labute approximate surface area is 137 Å². The van der Waals surface area contributed by atoms with Gasteiger partial charge in [0.25, 0.3) is 0 Å². The summed E-state index contributed by atoms with van der Waals surface area (Å²) in [5.41, 5.74) is 2.62. The molecule has 2 rings (SSSR count). The molecule has 1 nitrogen and oxygen atoms in total. The monoisotopic (exact) mass is 341 g/mol. The Hall–Kier alpha value is -0.660. The number of hydrogen-bond donors (Lipinski definition) is 0. The van der Waals surface area contributed by atoms with E-state index in [9.17, 15) is 5.26 Å². The molecule has 5 heteroatoms.